The molecule has 0 spiro atoms. The second-order valence-electron chi connectivity index (χ2n) is 11.7. The van der Waals surface area contributed by atoms with E-state index in [4.69, 9.17) is 4.74 Å². The van der Waals surface area contributed by atoms with Crippen molar-refractivity contribution >= 4 is 11.9 Å². The molecule has 0 saturated heterocycles. The van der Waals surface area contributed by atoms with Gasteiger partial charge in [-0.25, -0.2) is 4.79 Å². The van der Waals surface area contributed by atoms with E-state index < -0.39 is 6.04 Å². The number of hydrogen-bond donors (Lipinski definition) is 1. The lowest BCUT2D eigenvalue weighted by molar-refractivity contribution is -0.870. The van der Waals surface area contributed by atoms with E-state index in [0.29, 0.717) is 19.4 Å². The Morgan fingerprint density at radius 2 is 1.30 bits per heavy atom. The monoisotopic (exact) mass is 517 g/mol. The van der Waals surface area contributed by atoms with Gasteiger partial charge in [-0.15, -0.1) is 0 Å². The number of carbonyl (C=O) groups excluding carboxylic acids is 2. The summed E-state index contributed by atoms with van der Waals surface area (Å²) in [6.45, 7) is 3.87. The summed E-state index contributed by atoms with van der Waals surface area (Å²) in [7, 11) is 6.66. The predicted octanol–water partition coefficient (Wildman–Crippen LogP) is 7.22. The van der Waals surface area contributed by atoms with Crippen molar-refractivity contribution in [3.05, 3.63) is 35.9 Å². The fourth-order valence-electron chi connectivity index (χ4n) is 4.57. The molecule has 0 aliphatic rings. The van der Waals surface area contributed by atoms with Gasteiger partial charge < -0.3 is 14.5 Å². The van der Waals surface area contributed by atoms with Crippen LogP contribution in [0.25, 0.3) is 0 Å². The first-order valence-electron chi connectivity index (χ1n) is 15.1. The maximum Gasteiger partial charge on any atom is 0.328 e. The van der Waals surface area contributed by atoms with Crippen LogP contribution in [-0.2, 0) is 20.7 Å². The minimum Gasteiger partial charge on any atom is -0.464 e. The van der Waals surface area contributed by atoms with Crippen molar-refractivity contribution in [1.82, 2.24) is 5.32 Å². The van der Waals surface area contributed by atoms with Gasteiger partial charge >= 0.3 is 5.97 Å². The van der Waals surface area contributed by atoms with Crippen molar-refractivity contribution in [2.75, 3.05) is 34.3 Å². The highest BCUT2D eigenvalue weighted by Gasteiger charge is 2.22. The zero-order chi connectivity index (χ0) is 27.2. The molecule has 0 aliphatic carbocycles. The highest BCUT2D eigenvalue weighted by atomic mass is 16.5. The Hall–Kier alpha value is -1.88. The van der Waals surface area contributed by atoms with Gasteiger partial charge in [0.1, 0.15) is 6.04 Å². The van der Waals surface area contributed by atoms with Crippen LogP contribution in [0.15, 0.2) is 30.3 Å². The molecule has 1 aromatic carbocycles. The van der Waals surface area contributed by atoms with Crippen molar-refractivity contribution in [3.63, 3.8) is 0 Å². The Morgan fingerprint density at radius 3 is 1.89 bits per heavy atom. The second-order valence-corrected chi connectivity index (χ2v) is 11.7. The summed E-state index contributed by atoms with van der Waals surface area (Å²) in [5.41, 5.74) is 1.03. The van der Waals surface area contributed by atoms with Gasteiger partial charge in [0.15, 0.2) is 0 Å². The molecule has 1 rings (SSSR count). The summed E-state index contributed by atoms with van der Waals surface area (Å²) in [6.07, 6.45) is 18.9. The van der Waals surface area contributed by atoms with Gasteiger partial charge in [0.2, 0.25) is 5.91 Å². The topological polar surface area (TPSA) is 55.4 Å². The maximum absolute atomic E-state index is 12.8. The molecular formula is C32H57N2O3+. The van der Waals surface area contributed by atoms with E-state index in [0.717, 1.165) is 42.2 Å². The van der Waals surface area contributed by atoms with E-state index in [1.54, 1.807) is 0 Å². The van der Waals surface area contributed by atoms with Gasteiger partial charge in [-0.1, -0.05) is 108 Å². The molecule has 0 saturated carbocycles. The molecule has 0 aliphatic heterocycles. The summed E-state index contributed by atoms with van der Waals surface area (Å²) in [6, 6.07) is 9.24. The first kappa shape index (κ1) is 33.1. The molecule has 1 aromatic rings. The minimum atomic E-state index is -0.623. The Kier molecular flexibility index (Phi) is 18.9. The summed E-state index contributed by atoms with van der Waals surface area (Å²) in [4.78, 5) is 25.4. The molecule has 37 heavy (non-hydrogen) atoms. The molecule has 1 unspecified atom stereocenters. The van der Waals surface area contributed by atoms with Crippen molar-refractivity contribution < 1.29 is 18.8 Å². The van der Waals surface area contributed by atoms with E-state index >= 15 is 0 Å². The fraction of sp³-hybridized carbons (Fsp3) is 0.750. The van der Waals surface area contributed by atoms with Gasteiger partial charge in [0.05, 0.1) is 34.3 Å². The molecule has 0 fully saturated rings. The Labute approximate surface area is 228 Å². The number of carbonyl (C=O) groups is 2. The average molecular weight is 518 g/mol. The van der Waals surface area contributed by atoms with E-state index in [2.05, 4.69) is 33.4 Å². The average Bonchev–Trinajstić information content (AvgIpc) is 2.86. The molecule has 5 nitrogen and oxygen atoms in total. The van der Waals surface area contributed by atoms with Crippen molar-refractivity contribution in [3.8, 4) is 0 Å². The van der Waals surface area contributed by atoms with Crippen molar-refractivity contribution in [1.29, 1.82) is 0 Å². The zero-order valence-corrected chi connectivity index (χ0v) is 24.6. The maximum atomic E-state index is 12.8. The number of nitrogens with zero attached hydrogens (tertiary/aromatic N) is 1. The summed E-state index contributed by atoms with van der Waals surface area (Å²) in [5, 5.41) is 2.96. The zero-order valence-electron chi connectivity index (χ0n) is 24.6. The molecule has 1 N–H and O–H groups in total. The molecule has 1 atom stereocenters. The molecule has 0 radical (unpaired) electrons. The Balaban J connectivity index is 2.29. The van der Waals surface area contributed by atoms with Gasteiger partial charge in [-0.2, -0.15) is 0 Å². The van der Waals surface area contributed by atoms with Crippen LogP contribution in [0.1, 0.15) is 115 Å². The van der Waals surface area contributed by atoms with Gasteiger partial charge in [-0.3, -0.25) is 4.79 Å². The van der Waals surface area contributed by atoms with Crippen molar-refractivity contribution in [2.24, 2.45) is 0 Å². The first-order valence-corrected chi connectivity index (χ1v) is 15.1. The van der Waals surface area contributed by atoms with E-state index in [1.165, 1.54) is 70.8 Å². The Morgan fingerprint density at radius 1 is 0.757 bits per heavy atom. The number of ether oxygens (including phenoxy) is 1. The van der Waals surface area contributed by atoms with E-state index in [9.17, 15) is 9.59 Å². The summed E-state index contributed by atoms with van der Waals surface area (Å²) in [5.74, 6) is -0.364. The first-order chi connectivity index (χ1) is 17.8. The highest BCUT2D eigenvalue weighted by Crippen LogP contribution is 2.12. The number of esters is 1. The molecule has 5 heteroatoms. The van der Waals surface area contributed by atoms with Crippen LogP contribution in [0.5, 0.6) is 0 Å². The third kappa shape index (κ3) is 19.8. The van der Waals surface area contributed by atoms with Crippen LogP contribution in [-0.4, -0.2) is 56.7 Å². The number of benzene rings is 1. The van der Waals surface area contributed by atoms with E-state index in [1.807, 2.05) is 30.3 Å². The van der Waals surface area contributed by atoms with Crippen LogP contribution in [0.3, 0.4) is 0 Å². The van der Waals surface area contributed by atoms with Gasteiger partial charge in [0, 0.05) is 12.8 Å². The van der Waals surface area contributed by atoms with E-state index in [-0.39, 0.29) is 11.9 Å². The summed E-state index contributed by atoms with van der Waals surface area (Å²) < 4.78 is 6.59. The van der Waals surface area contributed by atoms with Gasteiger partial charge in [-0.05, 0) is 31.2 Å². The third-order valence-corrected chi connectivity index (χ3v) is 6.88. The lowest BCUT2D eigenvalue weighted by Gasteiger charge is -2.23. The minimum absolute atomic E-state index is 0.0526. The number of amides is 1. The lowest BCUT2D eigenvalue weighted by Crippen LogP contribution is -2.43. The molecule has 0 aromatic heterocycles. The second kappa shape index (κ2) is 21.1. The third-order valence-electron chi connectivity index (χ3n) is 6.88. The van der Waals surface area contributed by atoms with Crippen LogP contribution in [0.4, 0.5) is 0 Å². The summed E-state index contributed by atoms with van der Waals surface area (Å²) >= 11 is 0. The molecule has 0 bridgehead atoms. The number of nitrogens with one attached hydrogen (secondary N) is 1. The number of hydrogen-bond acceptors (Lipinski definition) is 3. The fourth-order valence-corrected chi connectivity index (χ4v) is 4.57. The smallest absolute Gasteiger partial charge is 0.328 e. The molecular weight excluding hydrogens is 460 g/mol. The number of quaternary nitrogens is 1. The van der Waals surface area contributed by atoms with Crippen molar-refractivity contribution in [2.45, 2.75) is 122 Å². The highest BCUT2D eigenvalue weighted by molar-refractivity contribution is 5.84. The molecule has 1 amide bonds. The molecule has 0 heterocycles. The standard InChI is InChI=1S/C32H56N2O3/c1-5-6-7-8-9-10-11-12-16-22-27-37-32(36)30(28-29-23-18-17-19-24-29)33-31(35)25-20-14-13-15-21-26-34(2,3)4/h17-19,23-24,30H,5-16,20-22,25-28H2,1-4H3/p+1. The number of rotatable bonds is 23. The van der Waals surface area contributed by atoms with Crippen LogP contribution in [0.2, 0.25) is 0 Å². The van der Waals surface area contributed by atoms with Crippen LogP contribution in [0, 0.1) is 0 Å². The van der Waals surface area contributed by atoms with Crippen LogP contribution >= 0.6 is 0 Å². The quantitative estimate of drug-likeness (QED) is 0.0947. The van der Waals surface area contributed by atoms with Crippen LogP contribution < -0.4 is 5.32 Å². The predicted molar refractivity (Wildman–Crippen MR) is 155 cm³/mol. The van der Waals surface area contributed by atoms with Gasteiger partial charge in [0.25, 0.3) is 0 Å². The SMILES string of the molecule is CCCCCCCCCCCCOC(=O)C(Cc1ccccc1)NC(=O)CCCCCCC[N+](C)(C)C. The normalized spacial score (nSPS) is 12.3. The molecule has 212 valence electrons. The largest absolute Gasteiger partial charge is 0.464 e. The number of unbranched alkanes of at least 4 members (excludes halogenated alkanes) is 13. The lowest BCUT2D eigenvalue weighted by atomic mass is 10.1. The Bertz CT molecular complexity index is 700.